The van der Waals surface area contributed by atoms with E-state index in [0.717, 1.165) is 0 Å². The van der Waals surface area contributed by atoms with E-state index in [0.29, 0.717) is 15.7 Å². The van der Waals surface area contributed by atoms with Crippen molar-refractivity contribution in [3.05, 3.63) is 28.2 Å². The number of anilines is 1. The van der Waals surface area contributed by atoms with Gasteiger partial charge in [-0.25, -0.2) is 0 Å². The number of rotatable bonds is 4. The van der Waals surface area contributed by atoms with E-state index < -0.39 is 17.9 Å². The van der Waals surface area contributed by atoms with Gasteiger partial charge in [0.05, 0.1) is 23.3 Å². The summed E-state index contributed by atoms with van der Waals surface area (Å²) >= 11 is 11.6. The van der Waals surface area contributed by atoms with Crippen molar-refractivity contribution >= 4 is 40.7 Å². The van der Waals surface area contributed by atoms with E-state index in [1.54, 1.807) is 12.1 Å². The van der Waals surface area contributed by atoms with Crippen LogP contribution < -0.4 is 16.4 Å². The summed E-state index contributed by atoms with van der Waals surface area (Å²) in [5.74, 6) is -0.810. The molecule has 1 aromatic carbocycles. The summed E-state index contributed by atoms with van der Waals surface area (Å²) in [5, 5.41) is 5.74. The highest BCUT2D eigenvalue weighted by molar-refractivity contribution is 6.35. The first kappa shape index (κ1) is 14.8. The molecule has 0 fully saturated rings. The smallest absolute Gasteiger partial charge is 0.243 e. The molecule has 1 rings (SSSR count). The SMILES string of the molecule is C[C@H](N)C(=O)NCC(=O)Nc1cc(Cl)ccc1Cl. The van der Waals surface area contributed by atoms with Gasteiger partial charge in [-0.15, -0.1) is 0 Å². The average molecular weight is 290 g/mol. The molecule has 0 saturated carbocycles. The fraction of sp³-hybridized carbons (Fsp3) is 0.273. The molecule has 0 bridgehead atoms. The first-order valence-corrected chi connectivity index (χ1v) is 5.94. The Morgan fingerprint density at radius 3 is 2.67 bits per heavy atom. The van der Waals surface area contributed by atoms with Gasteiger partial charge in [-0.1, -0.05) is 23.2 Å². The summed E-state index contributed by atoms with van der Waals surface area (Å²) in [5.41, 5.74) is 5.73. The van der Waals surface area contributed by atoms with Gasteiger partial charge in [0.2, 0.25) is 11.8 Å². The predicted octanol–water partition coefficient (Wildman–Crippen LogP) is 1.40. The molecular weight excluding hydrogens is 277 g/mol. The number of nitrogens with one attached hydrogen (secondary N) is 2. The molecule has 0 aliphatic rings. The minimum absolute atomic E-state index is 0.177. The molecule has 5 nitrogen and oxygen atoms in total. The minimum Gasteiger partial charge on any atom is -0.346 e. The second kappa shape index (κ2) is 6.58. The van der Waals surface area contributed by atoms with Crippen molar-refractivity contribution < 1.29 is 9.59 Å². The zero-order valence-corrected chi connectivity index (χ0v) is 11.2. The lowest BCUT2D eigenvalue weighted by Gasteiger charge is -2.09. The highest BCUT2D eigenvalue weighted by atomic mass is 35.5. The summed E-state index contributed by atoms with van der Waals surface area (Å²) in [6.45, 7) is 1.35. The van der Waals surface area contributed by atoms with E-state index in [1.807, 2.05) is 0 Å². The van der Waals surface area contributed by atoms with Crippen molar-refractivity contribution in [1.82, 2.24) is 5.32 Å². The third kappa shape index (κ3) is 4.52. The summed E-state index contributed by atoms with van der Waals surface area (Å²) in [4.78, 5) is 22.7. The molecule has 0 saturated heterocycles. The summed E-state index contributed by atoms with van der Waals surface area (Å²) in [6, 6.07) is 4.04. The predicted molar refractivity (Wildman–Crippen MR) is 71.8 cm³/mol. The highest BCUT2D eigenvalue weighted by Crippen LogP contribution is 2.25. The number of nitrogens with two attached hydrogens (primary N) is 1. The highest BCUT2D eigenvalue weighted by Gasteiger charge is 2.10. The molecule has 7 heteroatoms. The Balaban J connectivity index is 2.55. The molecule has 1 atom stereocenters. The standard InChI is InChI=1S/C11H13Cl2N3O2/c1-6(14)11(18)15-5-10(17)16-9-4-7(12)2-3-8(9)13/h2-4,6H,5,14H2,1H3,(H,15,18)(H,16,17)/t6-/m0/s1. The zero-order valence-electron chi connectivity index (χ0n) is 9.67. The van der Waals surface area contributed by atoms with Gasteiger partial charge in [-0.05, 0) is 25.1 Å². The molecule has 0 heterocycles. The second-order valence-electron chi connectivity index (χ2n) is 3.68. The number of carbonyl (C=O) groups is 2. The van der Waals surface area contributed by atoms with Crippen molar-refractivity contribution in [3.8, 4) is 0 Å². The molecule has 0 radical (unpaired) electrons. The van der Waals surface area contributed by atoms with Gasteiger partial charge in [0.15, 0.2) is 0 Å². The van der Waals surface area contributed by atoms with Gasteiger partial charge in [0, 0.05) is 5.02 Å². The molecule has 2 amide bonds. The monoisotopic (exact) mass is 289 g/mol. The van der Waals surface area contributed by atoms with E-state index in [4.69, 9.17) is 28.9 Å². The van der Waals surface area contributed by atoms with Crippen molar-refractivity contribution in [2.24, 2.45) is 5.73 Å². The maximum atomic E-state index is 11.5. The van der Waals surface area contributed by atoms with Crippen LogP contribution in [0.15, 0.2) is 18.2 Å². The van der Waals surface area contributed by atoms with Crippen LogP contribution in [0, 0.1) is 0 Å². The van der Waals surface area contributed by atoms with E-state index in [-0.39, 0.29) is 6.54 Å². The van der Waals surface area contributed by atoms with Crippen molar-refractivity contribution in [1.29, 1.82) is 0 Å². The fourth-order valence-electron chi connectivity index (χ4n) is 1.12. The number of amides is 2. The van der Waals surface area contributed by atoms with Crippen LogP contribution in [0.1, 0.15) is 6.92 Å². The van der Waals surface area contributed by atoms with Gasteiger partial charge in [-0.2, -0.15) is 0 Å². The summed E-state index contributed by atoms with van der Waals surface area (Å²) in [6.07, 6.45) is 0. The number of hydrogen-bond acceptors (Lipinski definition) is 3. The van der Waals surface area contributed by atoms with E-state index in [1.165, 1.54) is 13.0 Å². The van der Waals surface area contributed by atoms with E-state index in [9.17, 15) is 9.59 Å². The Labute approximate surface area is 115 Å². The Morgan fingerprint density at radius 2 is 2.06 bits per heavy atom. The zero-order chi connectivity index (χ0) is 13.7. The molecule has 4 N–H and O–H groups in total. The summed E-state index contributed by atoms with van der Waals surface area (Å²) in [7, 11) is 0. The second-order valence-corrected chi connectivity index (χ2v) is 4.52. The molecule has 98 valence electrons. The number of carbonyl (C=O) groups excluding carboxylic acids is 2. The van der Waals surface area contributed by atoms with Gasteiger partial charge >= 0.3 is 0 Å². The Kier molecular flexibility index (Phi) is 5.40. The third-order valence-corrected chi connectivity index (χ3v) is 2.60. The van der Waals surface area contributed by atoms with Gasteiger partial charge in [0.25, 0.3) is 0 Å². The number of halogens is 2. The van der Waals surface area contributed by atoms with Crippen LogP contribution in [-0.4, -0.2) is 24.4 Å². The van der Waals surface area contributed by atoms with Crippen LogP contribution in [0.5, 0.6) is 0 Å². The quantitative estimate of drug-likeness (QED) is 0.783. The first-order valence-electron chi connectivity index (χ1n) is 5.18. The molecule has 0 spiro atoms. The van der Waals surface area contributed by atoms with Crippen LogP contribution >= 0.6 is 23.2 Å². The Morgan fingerprint density at radius 1 is 1.39 bits per heavy atom. The largest absolute Gasteiger partial charge is 0.346 e. The average Bonchev–Trinajstić information content (AvgIpc) is 2.30. The molecule has 0 unspecified atom stereocenters. The maximum absolute atomic E-state index is 11.5. The normalized spacial score (nSPS) is 11.8. The molecular formula is C11H13Cl2N3O2. The van der Waals surface area contributed by atoms with Crippen molar-refractivity contribution in [2.45, 2.75) is 13.0 Å². The Hall–Kier alpha value is -1.30. The van der Waals surface area contributed by atoms with E-state index >= 15 is 0 Å². The first-order chi connectivity index (χ1) is 8.40. The fourth-order valence-corrected chi connectivity index (χ4v) is 1.45. The lowest BCUT2D eigenvalue weighted by Crippen LogP contribution is -2.41. The summed E-state index contributed by atoms with van der Waals surface area (Å²) < 4.78 is 0. The lowest BCUT2D eigenvalue weighted by molar-refractivity contribution is -0.124. The van der Waals surface area contributed by atoms with Crippen LogP contribution in [0.3, 0.4) is 0 Å². The third-order valence-electron chi connectivity index (χ3n) is 2.04. The van der Waals surface area contributed by atoms with Crippen molar-refractivity contribution in [3.63, 3.8) is 0 Å². The molecule has 0 aliphatic carbocycles. The van der Waals surface area contributed by atoms with Crippen LogP contribution in [0.25, 0.3) is 0 Å². The van der Waals surface area contributed by atoms with Gasteiger partial charge in [-0.3, -0.25) is 9.59 Å². The molecule has 0 aliphatic heterocycles. The maximum Gasteiger partial charge on any atom is 0.243 e. The molecule has 18 heavy (non-hydrogen) atoms. The van der Waals surface area contributed by atoms with Crippen LogP contribution in [-0.2, 0) is 9.59 Å². The minimum atomic E-state index is -0.660. The van der Waals surface area contributed by atoms with Crippen LogP contribution in [0.2, 0.25) is 10.0 Å². The molecule has 0 aromatic heterocycles. The number of benzene rings is 1. The Bertz CT molecular complexity index is 464. The van der Waals surface area contributed by atoms with Crippen molar-refractivity contribution in [2.75, 3.05) is 11.9 Å². The lowest BCUT2D eigenvalue weighted by atomic mass is 10.3. The van der Waals surface area contributed by atoms with Crippen LogP contribution in [0.4, 0.5) is 5.69 Å². The van der Waals surface area contributed by atoms with Gasteiger partial charge in [0.1, 0.15) is 0 Å². The van der Waals surface area contributed by atoms with E-state index in [2.05, 4.69) is 10.6 Å². The molecule has 1 aromatic rings. The van der Waals surface area contributed by atoms with Gasteiger partial charge < -0.3 is 16.4 Å². The number of hydrogen-bond donors (Lipinski definition) is 3. The topological polar surface area (TPSA) is 84.2 Å².